The smallest absolute Gasteiger partial charge is 0.273 e. The van der Waals surface area contributed by atoms with E-state index in [4.69, 9.17) is 20.9 Å². The van der Waals surface area contributed by atoms with Gasteiger partial charge in [-0.1, -0.05) is 16.8 Å². The Hall–Kier alpha value is -2.15. The zero-order valence-corrected chi connectivity index (χ0v) is 14.5. The highest BCUT2D eigenvalue weighted by atomic mass is 35.5. The summed E-state index contributed by atoms with van der Waals surface area (Å²) in [6.45, 7) is 3.95. The molecule has 1 aromatic heterocycles. The molecule has 5 nitrogen and oxygen atoms in total. The molecule has 1 amide bonds. The van der Waals surface area contributed by atoms with Gasteiger partial charge in [0.05, 0.1) is 12.2 Å². The molecule has 25 heavy (non-hydrogen) atoms. The third kappa shape index (κ3) is 3.61. The molecule has 0 saturated heterocycles. The van der Waals surface area contributed by atoms with Crippen LogP contribution in [-0.4, -0.2) is 29.6 Å². The fourth-order valence-corrected chi connectivity index (χ4v) is 2.94. The van der Waals surface area contributed by atoms with Crippen molar-refractivity contribution >= 4 is 17.5 Å². The summed E-state index contributed by atoms with van der Waals surface area (Å²) >= 11 is 5.99. The van der Waals surface area contributed by atoms with Crippen LogP contribution in [0.4, 0.5) is 8.78 Å². The van der Waals surface area contributed by atoms with Crippen molar-refractivity contribution in [2.45, 2.75) is 38.7 Å². The van der Waals surface area contributed by atoms with E-state index < -0.39 is 17.9 Å². The summed E-state index contributed by atoms with van der Waals surface area (Å²) in [5, 5.41) is 6.86. The Bertz CT molecular complexity index is 799. The van der Waals surface area contributed by atoms with E-state index in [1.807, 2.05) is 6.92 Å². The van der Waals surface area contributed by atoms with Crippen molar-refractivity contribution in [3.05, 3.63) is 34.5 Å². The SMILES string of the molecule is CCOc1cc(Cl)ccc1-c1onc(C(=O)NC2CC(F)(F)C2)c1C. The average Bonchev–Trinajstić information content (AvgIpc) is 2.88. The van der Waals surface area contributed by atoms with E-state index >= 15 is 0 Å². The number of amides is 1. The van der Waals surface area contributed by atoms with Crippen molar-refractivity contribution in [3.63, 3.8) is 0 Å². The topological polar surface area (TPSA) is 64.4 Å². The van der Waals surface area contributed by atoms with Crippen LogP contribution in [0, 0.1) is 6.92 Å². The lowest BCUT2D eigenvalue weighted by molar-refractivity contribution is -0.0901. The van der Waals surface area contributed by atoms with E-state index in [1.54, 1.807) is 25.1 Å². The van der Waals surface area contributed by atoms with E-state index in [-0.39, 0.29) is 18.5 Å². The maximum Gasteiger partial charge on any atom is 0.273 e. The molecule has 0 spiro atoms. The fourth-order valence-electron chi connectivity index (χ4n) is 2.77. The maximum absolute atomic E-state index is 12.9. The second-order valence-electron chi connectivity index (χ2n) is 5.99. The third-order valence-electron chi connectivity index (χ3n) is 4.05. The maximum atomic E-state index is 12.9. The minimum atomic E-state index is -2.70. The number of rotatable bonds is 5. The molecule has 1 N–H and O–H groups in total. The normalized spacial score (nSPS) is 16.4. The van der Waals surface area contributed by atoms with Gasteiger partial charge in [0, 0.05) is 29.5 Å². The monoisotopic (exact) mass is 370 g/mol. The van der Waals surface area contributed by atoms with Crippen molar-refractivity contribution in [2.24, 2.45) is 0 Å². The molecule has 0 unspecified atom stereocenters. The van der Waals surface area contributed by atoms with Gasteiger partial charge in [0.25, 0.3) is 11.8 Å². The lowest BCUT2D eigenvalue weighted by Crippen LogP contribution is -2.50. The number of halogens is 3. The number of ether oxygens (including phenoxy) is 1. The minimum absolute atomic E-state index is 0.0719. The highest BCUT2D eigenvalue weighted by Crippen LogP contribution is 2.38. The second kappa shape index (κ2) is 6.63. The molecule has 0 bridgehead atoms. The van der Waals surface area contributed by atoms with Crippen LogP contribution >= 0.6 is 11.6 Å². The Kier molecular flexibility index (Phi) is 4.69. The molecule has 134 valence electrons. The van der Waals surface area contributed by atoms with Crippen LogP contribution in [0.1, 0.15) is 35.8 Å². The first-order chi connectivity index (χ1) is 11.8. The van der Waals surface area contributed by atoms with E-state index in [9.17, 15) is 13.6 Å². The molecule has 1 aromatic carbocycles. The Morgan fingerprint density at radius 3 is 2.84 bits per heavy atom. The van der Waals surface area contributed by atoms with Crippen LogP contribution in [0.2, 0.25) is 5.02 Å². The molecule has 1 aliphatic carbocycles. The summed E-state index contributed by atoms with van der Waals surface area (Å²) < 4.78 is 36.6. The summed E-state index contributed by atoms with van der Waals surface area (Å²) in [4.78, 5) is 12.3. The van der Waals surface area contributed by atoms with Gasteiger partial charge in [0.1, 0.15) is 5.75 Å². The number of benzene rings is 1. The number of alkyl halides is 2. The first-order valence-electron chi connectivity index (χ1n) is 7.88. The van der Waals surface area contributed by atoms with Gasteiger partial charge in [-0.2, -0.15) is 0 Å². The summed E-state index contributed by atoms with van der Waals surface area (Å²) in [6, 6.07) is 4.50. The first kappa shape index (κ1) is 17.7. The van der Waals surface area contributed by atoms with Crippen LogP contribution in [0.3, 0.4) is 0 Å². The van der Waals surface area contributed by atoms with Crippen LogP contribution < -0.4 is 10.1 Å². The fraction of sp³-hybridized carbons (Fsp3) is 0.412. The van der Waals surface area contributed by atoms with Gasteiger partial charge in [-0.25, -0.2) is 8.78 Å². The molecule has 3 rings (SSSR count). The summed E-state index contributed by atoms with van der Waals surface area (Å²) in [5.74, 6) is -2.33. The number of hydrogen-bond acceptors (Lipinski definition) is 4. The van der Waals surface area contributed by atoms with Gasteiger partial charge in [-0.05, 0) is 32.0 Å². The van der Waals surface area contributed by atoms with Gasteiger partial charge in [-0.15, -0.1) is 0 Å². The number of carbonyl (C=O) groups excluding carboxylic acids is 1. The Morgan fingerprint density at radius 2 is 2.20 bits per heavy atom. The van der Waals surface area contributed by atoms with Crippen LogP contribution in [-0.2, 0) is 0 Å². The molecular formula is C17H17ClF2N2O3. The van der Waals surface area contributed by atoms with E-state index in [0.29, 0.717) is 34.3 Å². The van der Waals surface area contributed by atoms with E-state index in [0.717, 1.165) is 0 Å². The lowest BCUT2D eigenvalue weighted by atomic mass is 9.88. The predicted octanol–water partition coefficient (Wildman–Crippen LogP) is 4.23. The summed E-state index contributed by atoms with van der Waals surface area (Å²) in [5.41, 5.74) is 1.19. The molecule has 8 heteroatoms. The highest BCUT2D eigenvalue weighted by Gasteiger charge is 2.46. The molecule has 0 atom stereocenters. The predicted molar refractivity (Wildman–Crippen MR) is 88.3 cm³/mol. The highest BCUT2D eigenvalue weighted by molar-refractivity contribution is 6.30. The minimum Gasteiger partial charge on any atom is -0.493 e. The summed E-state index contributed by atoms with van der Waals surface area (Å²) in [7, 11) is 0. The number of nitrogens with zero attached hydrogens (tertiary/aromatic N) is 1. The molecule has 1 heterocycles. The second-order valence-corrected chi connectivity index (χ2v) is 6.43. The number of nitrogens with one attached hydrogen (secondary N) is 1. The average molecular weight is 371 g/mol. The zero-order valence-electron chi connectivity index (χ0n) is 13.7. The molecule has 1 saturated carbocycles. The largest absolute Gasteiger partial charge is 0.493 e. The number of aromatic nitrogens is 1. The Balaban J connectivity index is 1.83. The first-order valence-corrected chi connectivity index (χ1v) is 8.26. The molecule has 1 fully saturated rings. The Morgan fingerprint density at radius 1 is 1.48 bits per heavy atom. The number of carbonyl (C=O) groups is 1. The van der Waals surface area contributed by atoms with Gasteiger partial charge in [0.2, 0.25) is 0 Å². The van der Waals surface area contributed by atoms with Crippen LogP contribution in [0.15, 0.2) is 22.7 Å². The van der Waals surface area contributed by atoms with Crippen molar-refractivity contribution in [1.82, 2.24) is 10.5 Å². The van der Waals surface area contributed by atoms with E-state index in [2.05, 4.69) is 10.5 Å². The van der Waals surface area contributed by atoms with Crippen molar-refractivity contribution in [2.75, 3.05) is 6.61 Å². The van der Waals surface area contributed by atoms with Crippen molar-refractivity contribution in [1.29, 1.82) is 0 Å². The van der Waals surface area contributed by atoms with Gasteiger partial charge < -0.3 is 14.6 Å². The van der Waals surface area contributed by atoms with Crippen LogP contribution in [0.25, 0.3) is 11.3 Å². The van der Waals surface area contributed by atoms with Crippen LogP contribution in [0.5, 0.6) is 5.75 Å². The molecule has 0 radical (unpaired) electrons. The molecule has 2 aromatic rings. The van der Waals surface area contributed by atoms with Gasteiger partial charge in [0.15, 0.2) is 11.5 Å². The van der Waals surface area contributed by atoms with Gasteiger partial charge in [-0.3, -0.25) is 4.79 Å². The number of hydrogen-bond donors (Lipinski definition) is 1. The molecule has 1 aliphatic rings. The van der Waals surface area contributed by atoms with Gasteiger partial charge >= 0.3 is 0 Å². The standard InChI is InChI=1S/C17H17ClF2N2O3/c1-3-24-13-6-10(18)4-5-12(13)15-9(2)14(22-25-15)16(23)21-11-7-17(19,20)8-11/h4-6,11H,3,7-8H2,1-2H3,(H,21,23). The molecular weight excluding hydrogens is 354 g/mol. The molecule has 0 aliphatic heterocycles. The van der Waals surface area contributed by atoms with Crippen molar-refractivity contribution in [3.8, 4) is 17.1 Å². The van der Waals surface area contributed by atoms with E-state index in [1.165, 1.54) is 0 Å². The quantitative estimate of drug-likeness (QED) is 0.855. The zero-order chi connectivity index (χ0) is 18.2. The summed E-state index contributed by atoms with van der Waals surface area (Å²) in [6.07, 6.45) is -0.706. The van der Waals surface area contributed by atoms with Crippen molar-refractivity contribution < 1.29 is 22.8 Å². The Labute approximate surface area is 148 Å². The lowest BCUT2D eigenvalue weighted by Gasteiger charge is -2.35. The third-order valence-corrected chi connectivity index (χ3v) is 4.29.